The zero-order valence-electron chi connectivity index (χ0n) is 23.4. The topological polar surface area (TPSA) is 95.9 Å². The summed E-state index contributed by atoms with van der Waals surface area (Å²) in [5, 5.41) is 12.6. The lowest BCUT2D eigenvalue weighted by molar-refractivity contribution is -0.138. The third-order valence-corrected chi connectivity index (χ3v) is 8.80. The van der Waals surface area contributed by atoms with E-state index in [1.807, 2.05) is 0 Å². The number of alkyl halides is 3. The van der Waals surface area contributed by atoms with E-state index >= 15 is 0 Å². The molecule has 0 aliphatic carbocycles. The van der Waals surface area contributed by atoms with Crippen molar-refractivity contribution in [1.82, 2.24) is 5.32 Å². The maximum Gasteiger partial charge on any atom is 0.416 e. The highest BCUT2D eigenvalue weighted by atomic mass is 35.5. The molecule has 4 rings (SSSR count). The highest BCUT2D eigenvalue weighted by Gasteiger charge is 2.37. The second-order valence-corrected chi connectivity index (χ2v) is 12.8. The van der Waals surface area contributed by atoms with E-state index in [1.165, 1.54) is 44.2 Å². The normalized spacial score (nSPS) is 16.0. The number of hydrogen-bond acceptors (Lipinski definition) is 5. The molecule has 13 heteroatoms. The lowest BCUT2D eigenvalue weighted by atomic mass is 10.0. The Labute approximate surface area is 251 Å². The number of nitrogens with one attached hydrogen (secondary N) is 1. The van der Waals surface area contributed by atoms with Crippen LogP contribution in [0.5, 0.6) is 5.75 Å². The number of hydrogen-bond donors (Lipinski definition) is 2. The van der Waals surface area contributed by atoms with Crippen molar-refractivity contribution in [3.63, 3.8) is 0 Å². The van der Waals surface area contributed by atoms with Gasteiger partial charge in [-0.25, -0.2) is 12.8 Å². The maximum atomic E-state index is 14.5. The number of anilines is 1. The van der Waals surface area contributed by atoms with Crippen LogP contribution in [0.25, 0.3) is 11.6 Å². The summed E-state index contributed by atoms with van der Waals surface area (Å²) in [7, 11) is -4.54. The summed E-state index contributed by atoms with van der Waals surface area (Å²) in [6.45, 7) is 4.01. The van der Waals surface area contributed by atoms with Crippen LogP contribution in [-0.4, -0.2) is 44.2 Å². The van der Waals surface area contributed by atoms with E-state index in [1.54, 1.807) is 19.1 Å². The predicted octanol–water partition coefficient (Wildman–Crippen LogP) is 6.29. The van der Waals surface area contributed by atoms with Gasteiger partial charge in [0, 0.05) is 18.5 Å². The van der Waals surface area contributed by atoms with Gasteiger partial charge >= 0.3 is 6.18 Å². The van der Waals surface area contributed by atoms with Crippen molar-refractivity contribution < 1.29 is 40.6 Å². The zero-order chi connectivity index (χ0) is 31.7. The molecule has 0 fully saturated rings. The monoisotopic (exact) mass is 640 g/mol. The fourth-order valence-corrected chi connectivity index (χ4v) is 6.37. The van der Waals surface area contributed by atoms with E-state index < -0.39 is 50.1 Å². The summed E-state index contributed by atoms with van der Waals surface area (Å²) in [6, 6.07) is 12.3. The minimum absolute atomic E-state index is 0.0314. The van der Waals surface area contributed by atoms with Crippen LogP contribution in [0.2, 0.25) is 5.02 Å². The Bertz CT molecular complexity index is 1650. The third kappa shape index (κ3) is 7.31. The fourth-order valence-electron chi connectivity index (χ4n) is 4.52. The first-order chi connectivity index (χ1) is 20.0. The standard InChI is InChI=1S/C30H29ClF4N2O5S/c1-18(27-23(31)8-5-9-24(27)32)14-19-10-11-26-25(15-19)37(17-21(42-26)12-13-36-28(38)29(2,3)39)43(40,41)22-7-4-6-20(16-22)30(33,34)35/h4-11,14-16,21,39H,12-13,17H2,1-3H3,(H,36,38). The molecule has 230 valence electrons. The molecule has 0 saturated heterocycles. The number of aliphatic hydroxyl groups is 1. The van der Waals surface area contributed by atoms with Crippen LogP contribution in [-0.2, 0) is 21.0 Å². The highest BCUT2D eigenvalue weighted by molar-refractivity contribution is 7.92. The molecule has 1 heterocycles. The number of allylic oxidation sites excluding steroid dienone is 1. The van der Waals surface area contributed by atoms with Crippen LogP contribution in [0.1, 0.15) is 43.9 Å². The average molecular weight is 641 g/mol. The summed E-state index contributed by atoms with van der Waals surface area (Å²) in [5.41, 5.74) is -1.61. The summed E-state index contributed by atoms with van der Waals surface area (Å²) in [6.07, 6.45) is -3.84. The first-order valence-electron chi connectivity index (χ1n) is 13.1. The summed E-state index contributed by atoms with van der Waals surface area (Å²) >= 11 is 6.20. The molecule has 0 saturated carbocycles. The minimum atomic E-state index is -4.76. The van der Waals surface area contributed by atoms with Crippen molar-refractivity contribution in [2.24, 2.45) is 0 Å². The Morgan fingerprint density at radius 2 is 1.84 bits per heavy atom. The van der Waals surface area contributed by atoms with Crippen molar-refractivity contribution >= 4 is 44.9 Å². The van der Waals surface area contributed by atoms with Crippen molar-refractivity contribution in [2.75, 3.05) is 17.4 Å². The van der Waals surface area contributed by atoms with E-state index in [2.05, 4.69) is 5.32 Å². The Balaban J connectivity index is 1.74. The van der Waals surface area contributed by atoms with Crippen molar-refractivity contribution in [1.29, 1.82) is 0 Å². The van der Waals surface area contributed by atoms with Crippen LogP contribution >= 0.6 is 11.6 Å². The van der Waals surface area contributed by atoms with E-state index in [0.29, 0.717) is 17.2 Å². The lowest BCUT2D eigenvalue weighted by Gasteiger charge is -2.36. The van der Waals surface area contributed by atoms with Gasteiger partial charge < -0.3 is 15.2 Å². The molecule has 3 aromatic carbocycles. The molecule has 7 nitrogen and oxygen atoms in total. The number of carbonyl (C=O) groups is 1. The van der Waals surface area contributed by atoms with Gasteiger partial charge in [-0.15, -0.1) is 0 Å². The fraction of sp³-hybridized carbons (Fsp3) is 0.300. The number of benzene rings is 3. The van der Waals surface area contributed by atoms with Gasteiger partial charge in [-0.2, -0.15) is 13.2 Å². The van der Waals surface area contributed by atoms with E-state index in [0.717, 1.165) is 22.5 Å². The van der Waals surface area contributed by atoms with Crippen molar-refractivity contribution in [3.8, 4) is 5.75 Å². The highest BCUT2D eigenvalue weighted by Crippen LogP contribution is 2.40. The molecule has 43 heavy (non-hydrogen) atoms. The van der Waals surface area contributed by atoms with E-state index in [4.69, 9.17) is 16.3 Å². The first kappa shape index (κ1) is 32.3. The Morgan fingerprint density at radius 3 is 2.49 bits per heavy atom. The molecule has 1 atom stereocenters. The van der Waals surface area contributed by atoms with E-state index in [-0.39, 0.29) is 41.5 Å². The Hall–Kier alpha value is -3.61. The van der Waals surface area contributed by atoms with Gasteiger partial charge in [0.15, 0.2) is 0 Å². The number of fused-ring (bicyclic) bond motifs is 1. The number of sulfonamides is 1. The summed E-state index contributed by atoms with van der Waals surface area (Å²) in [4.78, 5) is 11.5. The molecule has 0 spiro atoms. The molecule has 3 aromatic rings. The van der Waals surface area contributed by atoms with Gasteiger partial charge in [-0.1, -0.05) is 35.9 Å². The van der Waals surface area contributed by atoms with Crippen LogP contribution in [0.4, 0.5) is 23.2 Å². The molecule has 1 unspecified atom stereocenters. The first-order valence-corrected chi connectivity index (χ1v) is 14.9. The number of rotatable bonds is 8. The molecule has 1 amide bonds. The van der Waals surface area contributed by atoms with Crippen LogP contribution in [0.3, 0.4) is 0 Å². The van der Waals surface area contributed by atoms with Crippen LogP contribution in [0.15, 0.2) is 65.6 Å². The molecule has 0 bridgehead atoms. The zero-order valence-corrected chi connectivity index (χ0v) is 24.9. The van der Waals surface area contributed by atoms with Crippen LogP contribution < -0.4 is 14.4 Å². The van der Waals surface area contributed by atoms with Crippen LogP contribution in [0, 0.1) is 5.82 Å². The number of halogens is 5. The largest absolute Gasteiger partial charge is 0.486 e. The molecular formula is C30H29ClF4N2O5S. The molecule has 2 N–H and O–H groups in total. The number of amides is 1. The predicted molar refractivity (Wildman–Crippen MR) is 156 cm³/mol. The molecule has 0 radical (unpaired) electrons. The quantitative estimate of drug-likeness (QED) is 0.223. The SMILES string of the molecule is CC(=Cc1ccc2c(c1)N(S(=O)(=O)c1cccc(C(F)(F)F)c1)CC(CCNC(=O)C(C)(C)O)O2)c1c(F)cccc1Cl. The molecular weight excluding hydrogens is 612 g/mol. The van der Waals surface area contributed by atoms with Gasteiger partial charge in [0.2, 0.25) is 0 Å². The maximum absolute atomic E-state index is 14.5. The van der Waals surface area contributed by atoms with Gasteiger partial charge in [0.25, 0.3) is 15.9 Å². The van der Waals surface area contributed by atoms with Gasteiger partial charge in [-0.3, -0.25) is 9.10 Å². The Kier molecular flexibility index (Phi) is 9.15. The smallest absolute Gasteiger partial charge is 0.416 e. The summed E-state index contributed by atoms with van der Waals surface area (Å²) < 4.78 is 89.5. The average Bonchev–Trinajstić information content (AvgIpc) is 2.91. The second-order valence-electron chi connectivity index (χ2n) is 10.6. The van der Waals surface area contributed by atoms with E-state index in [9.17, 15) is 35.9 Å². The summed E-state index contributed by atoms with van der Waals surface area (Å²) in [5.74, 6) is -1.05. The Morgan fingerprint density at radius 1 is 1.14 bits per heavy atom. The van der Waals surface area contributed by atoms with Crippen molar-refractivity contribution in [3.05, 3.63) is 88.2 Å². The molecule has 0 aromatic heterocycles. The molecule has 1 aliphatic rings. The number of ether oxygens (including phenoxy) is 1. The van der Waals surface area contributed by atoms with Gasteiger partial charge in [0.1, 0.15) is 23.3 Å². The third-order valence-electron chi connectivity index (χ3n) is 6.71. The number of nitrogens with zero attached hydrogens (tertiary/aromatic N) is 1. The van der Waals surface area contributed by atoms with Gasteiger partial charge in [-0.05, 0) is 74.4 Å². The minimum Gasteiger partial charge on any atom is -0.486 e. The second kappa shape index (κ2) is 12.2. The lowest BCUT2D eigenvalue weighted by Crippen LogP contribution is -2.46. The molecule has 1 aliphatic heterocycles. The van der Waals surface area contributed by atoms with Crippen molar-refractivity contribution in [2.45, 2.75) is 50.0 Å². The van der Waals surface area contributed by atoms with Gasteiger partial charge in [0.05, 0.1) is 27.7 Å². The number of carbonyl (C=O) groups excluding carboxylic acids is 1.